The molecule has 0 bridgehead atoms. The lowest BCUT2D eigenvalue weighted by Gasteiger charge is -2.29. The Morgan fingerprint density at radius 2 is 2.12 bits per heavy atom. The van der Waals surface area contributed by atoms with Crippen LogP contribution in [0, 0.1) is 6.92 Å². The van der Waals surface area contributed by atoms with E-state index in [0.29, 0.717) is 6.04 Å². The van der Waals surface area contributed by atoms with Crippen molar-refractivity contribution in [1.29, 1.82) is 0 Å². The van der Waals surface area contributed by atoms with E-state index in [2.05, 4.69) is 55.6 Å². The molecule has 0 aliphatic rings. The second kappa shape index (κ2) is 6.92. The topological polar surface area (TPSA) is 15.3 Å². The number of benzene rings is 1. The summed E-state index contributed by atoms with van der Waals surface area (Å²) in [5.74, 6) is 1.16. The maximum absolute atomic E-state index is 3.25. The highest BCUT2D eigenvalue weighted by Crippen LogP contribution is 2.23. The molecule has 1 atom stereocenters. The van der Waals surface area contributed by atoms with Crippen LogP contribution in [0.1, 0.15) is 18.1 Å². The van der Waals surface area contributed by atoms with Crippen LogP contribution in [0.3, 0.4) is 0 Å². The van der Waals surface area contributed by atoms with Crippen LogP contribution >= 0.6 is 11.8 Å². The third-order valence-electron chi connectivity index (χ3n) is 3.05. The highest BCUT2D eigenvalue weighted by molar-refractivity contribution is 7.98. The van der Waals surface area contributed by atoms with Crippen molar-refractivity contribution in [2.24, 2.45) is 0 Å². The van der Waals surface area contributed by atoms with Gasteiger partial charge in [0.1, 0.15) is 0 Å². The predicted molar refractivity (Wildman–Crippen MR) is 80.2 cm³/mol. The molecule has 0 radical (unpaired) electrons. The van der Waals surface area contributed by atoms with Crippen molar-refractivity contribution < 1.29 is 0 Å². The van der Waals surface area contributed by atoms with Crippen molar-refractivity contribution in [2.45, 2.75) is 26.4 Å². The van der Waals surface area contributed by atoms with E-state index in [0.717, 1.165) is 12.3 Å². The van der Waals surface area contributed by atoms with Gasteiger partial charge in [0.15, 0.2) is 0 Å². The van der Waals surface area contributed by atoms with Crippen LogP contribution < -0.4 is 10.2 Å². The molecule has 2 nitrogen and oxygen atoms in total. The molecule has 0 saturated heterocycles. The molecule has 0 fully saturated rings. The Morgan fingerprint density at radius 3 is 2.71 bits per heavy atom. The van der Waals surface area contributed by atoms with Gasteiger partial charge in [-0.2, -0.15) is 11.8 Å². The fourth-order valence-corrected chi connectivity index (χ4v) is 2.69. The van der Waals surface area contributed by atoms with Gasteiger partial charge < -0.3 is 10.2 Å². The second-order valence-corrected chi connectivity index (χ2v) is 5.49. The monoisotopic (exact) mass is 252 g/mol. The predicted octanol–water partition coefficient (Wildman–Crippen LogP) is 2.90. The average Bonchev–Trinajstić information content (AvgIpc) is 2.29. The number of thioether (sulfide) groups is 1. The molecule has 0 aromatic heterocycles. The maximum Gasteiger partial charge on any atom is 0.0412 e. The molecule has 0 aliphatic carbocycles. The molecule has 17 heavy (non-hydrogen) atoms. The number of nitrogens with one attached hydrogen (secondary N) is 1. The van der Waals surface area contributed by atoms with E-state index in [9.17, 15) is 0 Å². The Bertz CT molecular complexity index is 352. The van der Waals surface area contributed by atoms with Gasteiger partial charge in [-0.05, 0) is 38.8 Å². The quantitative estimate of drug-likeness (QED) is 0.838. The fraction of sp³-hybridized carbons (Fsp3) is 0.571. The van der Waals surface area contributed by atoms with E-state index >= 15 is 0 Å². The molecule has 0 amide bonds. The summed E-state index contributed by atoms with van der Waals surface area (Å²) < 4.78 is 0. The number of rotatable bonds is 6. The van der Waals surface area contributed by atoms with E-state index in [1.165, 1.54) is 16.8 Å². The molecule has 0 heterocycles. The van der Waals surface area contributed by atoms with E-state index in [1.54, 1.807) is 0 Å². The first-order chi connectivity index (χ1) is 8.10. The second-order valence-electron chi connectivity index (χ2n) is 4.58. The first-order valence-electron chi connectivity index (χ1n) is 6.06. The molecule has 3 heteroatoms. The van der Waals surface area contributed by atoms with Crippen LogP contribution in [0.15, 0.2) is 18.2 Å². The van der Waals surface area contributed by atoms with Gasteiger partial charge in [-0.25, -0.2) is 0 Å². The van der Waals surface area contributed by atoms with E-state index in [4.69, 9.17) is 0 Å². The molecule has 96 valence electrons. The van der Waals surface area contributed by atoms with Crippen LogP contribution in [0.25, 0.3) is 0 Å². The normalized spacial score (nSPS) is 12.5. The number of aryl methyl sites for hydroxylation is 1. The highest BCUT2D eigenvalue weighted by Gasteiger charge is 2.12. The maximum atomic E-state index is 3.25. The van der Waals surface area contributed by atoms with Crippen molar-refractivity contribution in [1.82, 2.24) is 5.32 Å². The third-order valence-corrected chi connectivity index (χ3v) is 3.87. The number of hydrogen-bond donors (Lipinski definition) is 1. The summed E-state index contributed by atoms with van der Waals surface area (Å²) in [5.41, 5.74) is 4.04. The Balaban J connectivity index is 2.94. The average molecular weight is 252 g/mol. The summed E-state index contributed by atoms with van der Waals surface area (Å²) in [6.45, 7) is 5.35. The van der Waals surface area contributed by atoms with Crippen molar-refractivity contribution in [3.63, 3.8) is 0 Å². The highest BCUT2D eigenvalue weighted by atomic mass is 32.2. The van der Waals surface area contributed by atoms with Gasteiger partial charge in [0.25, 0.3) is 0 Å². The Kier molecular flexibility index (Phi) is 5.86. The van der Waals surface area contributed by atoms with Crippen LogP contribution in [-0.2, 0) is 6.54 Å². The minimum absolute atomic E-state index is 0.559. The molecule has 0 saturated carbocycles. The number of nitrogens with zero attached hydrogens (tertiary/aromatic N) is 1. The molecule has 1 aromatic carbocycles. The van der Waals surface area contributed by atoms with Gasteiger partial charge in [0.2, 0.25) is 0 Å². The Morgan fingerprint density at radius 1 is 1.41 bits per heavy atom. The summed E-state index contributed by atoms with van der Waals surface area (Å²) in [6.07, 6.45) is 2.16. The van der Waals surface area contributed by atoms with Crippen molar-refractivity contribution in [3.05, 3.63) is 29.3 Å². The van der Waals surface area contributed by atoms with Crippen LogP contribution in [0.4, 0.5) is 5.69 Å². The summed E-state index contributed by atoms with van der Waals surface area (Å²) >= 11 is 1.90. The first kappa shape index (κ1) is 14.4. The lowest BCUT2D eigenvalue weighted by molar-refractivity contribution is 0.747. The van der Waals surface area contributed by atoms with Gasteiger partial charge in [0.05, 0.1) is 0 Å². The third kappa shape index (κ3) is 3.93. The van der Waals surface area contributed by atoms with Crippen molar-refractivity contribution in [3.8, 4) is 0 Å². The van der Waals surface area contributed by atoms with Crippen LogP contribution in [-0.4, -0.2) is 32.1 Å². The smallest absolute Gasteiger partial charge is 0.0412 e. The summed E-state index contributed by atoms with van der Waals surface area (Å²) in [7, 11) is 4.18. The van der Waals surface area contributed by atoms with Crippen molar-refractivity contribution >= 4 is 17.4 Å². The minimum Gasteiger partial charge on any atom is -0.371 e. The lowest BCUT2D eigenvalue weighted by Crippen LogP contribution is -2.32. The zero-order valence-electron chi connectivity index (χ0n) is 11.6. The van der Waals surface area contributed by atoms with Gasteiger partial charge in [-0.15, -0.1) is 0 Å². The molecular weight excluding hydrogens is 228 g/mol. The fourth-order valence-electron chi connectivity index (χ4n) is 1.98. The zero-order valence-corrected chi connectivity index (χ0v) is 12.4. The van der Waals surface area contributed by atoms with E-state index in [1.807, 2.05) is 18.8 Å². The van der Waals surface area contributed by atoms with E-state index in [-0.39, 0.29) is 0 Å². The van der Waals surface area contributed by atoms with Gasteiger partial charge >= 0.3 is 0 Å². The Hall–Kier alpha value is -0.670. The largest absolute Gasteiger partial charge is 0.371 e. The molecular formula is C14H24N2S. The van der Waals surface area contributed by atoms with Gasteiger partial charge in [-0.1, -0.05) is 17.7 Å². The number of hydrogen-bond acceptors (Lipinski definition) is 3. The van der Waals surface area contributed by atoms with Crippen LogP contribution in [0.5, 0.6) is 0 Å². The Labute approximate surface area is 110 Å². The van der Waals surface area contributed by atoms with Crippen molar-refractivity contribution in [2.75, 3.05) is 31.0 Å². The minimum atomic E-state index is 0.559. The molecule has 1 unspecified atom stereocenters. The van der Waals surface area contributed by atoms with Crippen LogP contribution in [0.2, 0.25) is 0 Å². The summed E-state index contributed by atoms with van der Waals surface area (Å²) in [6, 6.07) is 7.26. The molecule has 0 spiro atoms. The van der Waals surface area contributed by atoms with E-state index < -0.39 is 0 Å². The summed E-state index contributed by atoms with van der Waals surface area (Å²) in [4.78, 5) is 2.38. The molecule has 1 aromatic rings. The first-order valence-corrected chi connectivity index (χ1v) is 7.45. The molecule has 1 N–H and O–H groups in total. The molecule has 1 rings (SSSR count). The SMILES string of the molecule is CNCc1cc(C)ccc1N(C)C(C)CSC. The molecule has 0 aliphatic heterocycles. The summed E-state index contributed by atoms with van der Waals surface area (Å²) in [5, 5.41) is 3.25. The lowest BCUT2D eigenvalue weighted by atomic mass is 10.1. The van der Waals surface area contributed by atoms with Gasteiger partial charge in [-0.3, -0.25) is 0 Å². The standard InChI is InChI=1S/C14H24N2S/c1-11-6-7-14(13(8-11)9-15-3)16(4)12(2)10-17-5/h6-8,12,15H,9-10H2,1-5H3. The van der Waals surface area contributed by atoms with Gasteiger partial charge in [0, 0.05) is 31.1 Å². The number of anilines is 1. The zero-order chi connectivity index (χ0) is 12.8.